The molecule has 0 saturated heterocycles. The Hall–Kier alpha value is -1.07. The van der Waals surface area contributed by atoms with Crippen LogP contribution < -0.4 is 10.1 Å². The van der Waals surface area contributed by atoms with Crippen molar-refractivity contribution >= 4 is 21.8 Å². The Labute approximate surface area is 122 Å². The van der Waals surface area contributed by atoms with Crippen molar-refractivity contribution in [2.24, 2.45) is 0 Å². The topological polar surface area (TPSA) is 47.6 Å². The summed E-state index contributed by atoms with van der Waals surface area (Å²) in [4.78, 5) is 12.3. The van der Waals surface area contributed by atoms with Gasteiger partial charge in [-0.25, -0.2) is 0 Å². The fraction of sp³-hybridized carbons (Fsp3) is 0.500. The zero-order valence-corrected chi connectivity index (χ0v) is 13.1. The van der Waals surface area contributed by atoms with Gasteiger partial charge in [0.05, 0.1) is 25.3 Å². The molecule has 1 unspecified atom stereocenters. The van der Waals surface area contributed by atoms with E-state index in [1.54, 1.807) is 20.3 Å². The molecule has 4 nitrogen and oxygen atoms in total. The third-order valence-corrected chi connectivity index (χ3v) is 3.22. The minimum atomic E-state index is -0.136. The molecule has 0 spiro atoms. The first-order valence-electron chi connectivity index (χ1n) is 6.12. The zero-order valence-electron chi connectivity index (χ0n) is 11.5. The van der Waals surface area contributed by atoms with Gasteiger partial charge in [-0.2, -0.15) is 0 Å². The van der Waals surface area contributed by atoms with Gasteiger partial charge in [0.2, 0.25) is 0 Å². The lowest BCUT2D eigenvalue weighted by Crippen LogP contribution is -2.38. The van der Waals surface area contributed by atoms with Gasteiger partial charge in [-0.05, 0) is 25.5 Å². The summed E-state index contributed by atoms with van der Waals surface area (Å²) in [5, 5.41) is 3.77. The van der Waals surface area contributed by atoms with Crippen LogP contribution in [0.25, 0.3) is 0 Å². The van der Waals surface area contributed by atoms with E-state index in [1.165, 1.54) is 0 Å². The Balaban J connectivity index is 2.83. The second kappa shape index (κ2) is 8.17. The van der Waals surface area contributed by atoms with Gasteiger partial charge in [-0.15, -0.1) is 0 Å². The summed E-state index contributed by atoms with van der Waals surface area (Å²) in [5.74, 6) is 0.446. The Morgan fingerprint density at radius 2 is 2.16 bits per heavy atom. The third-order valence-electron chi connectivity index (χ3n) is 2.76. The van der Waals surface area contributed by atoms with E-state index >= 15 is 0 Å². The number of amides is 1. The summed E-state index contributed by atoms with van der Waals surface area (Å²) in [5.41, 5.74) is 1.58. The predicted molar refractivity (Wildman–Crippen MR) is 79.3 cm³/mol. The minimum absolute atomic E-state index is 0.0120. The van der Waals surface area contributed by atoms with E-state index < -0.39 is 0 Å². The number of methoxy groups -OCH3 is 2. The van der Waals surface area contributed by atoms with Crippen LogP contribution in [0.2, 0.25) is 0 Å². The number of hydrogen-bond acceptors (Lipinski definition) is 3. The van der Waals surface area contributed by atoms with Crippen molar-refractivity contribution in [1.29, 1.82) is 0 Å². The molecule has 1 atom stereocenters. The molecule has 0 saturated carbocycles. The molecular formula is C14H20BrNO3. The van der Waals surface area contributed by atoms with Crippen molar-refractivity contribution in [2.45, 2.75) is 19.4 Å². The Kier molecular flexibility index (Phi) is 6.87. The highest BCUT2D eigenvalue weighted by Crippen LogP contribution is 2.19. The van der Waals surface area contributed by atoms with Crippen molar-refractivity contribution < 1.29 is 14.3 Å². The number of hydrogen-bond donors (Lipinski definition) is 1. The van der Waals surface area contributed by atoms with Gasteiger partial charge in [-0.3, -0.25) is 4.79 Å². The molecule has 0 aliphatic heterocycles. The molecule has 0 heterocycles. The molecule has 0 radical (unpaired) electrons. The van der Waals surface area contributed by atoms with Crippen LogP contribution in [-0.2, 0) is 4.74 Å². The number of carbonyl (C=O) groups is 1. The number of halogens is 1. The maximum absolute atomic E-state index is 12.3. The molecule has 1 N–H and O–H groups in total. The summed E-state index contributed by atoms with van der Waals surface area (Å²) in [6, 6.07) is 5.54. The molecule has 0 aromatic heterocycles. The Morgan fingerprint density at radius 1 is 1.42 bits per heavy atom. The maximum atomic E-state index is 12.3. The van der Waals surface area contributed by atoms with E-state index in [-0.39, 0.29) is 11.9 Å². The summed E-state index contributed by atoms with van der Waals surface area (Å²) >= 11 is 3.37. The molecule has 0 aliphatic carbocycles. The van der Waals surface area contributed by atoms with Gasteiger partial charge >= 0.3 is 0 Å². The monoisotopic (exact) mass is 329 g/mol. The van der Waals surface area contributed by atoms with E-state index in [0.717, 1.165) is 17.3 Å². The van der Waals surface area contributed by atoms with E-state index in [1.807, 2.05) is 19.1 Å². The molecule has 106 valence electrons. The lowest BCUT2D eigenvalue weighted by molar-refractivity contribution is 0.0892. The van der Waals surface area contributed by atoms with Gasteiger partial charge in [0.1, 0.15) is 5.75 Å². The molecule has 1 aromatic rings. The molecule has 19 heavy (non-hydrogen) atoms. The highest BCUT2D eigenvalue weighted by Gasteiger charge is 2.16. The Bertz CT molecular complexity index is 417. The van der Waals surface area contributed by atoms with E-state index in [0.29, 0.717) is 17.9 Å². The van der Waals surface area contributed by atoms with E-state index in [2.05, 4.69) is 21.2 Å². The van der Waals surface area contributed by atoms with Gasteiger partial charge in [0, 0.05) is 12.4 Å². The van der Waals surface area contributed by atoms with Gasteiger partial charge < -0.3 is 14.8 Å². The molecule has 0 fully saturated rings. The number of benzene rings is 1. The summed E-state index contributed by atoms with van der Waals surface area (Å²) in [6.07, 6.45) is 0.813. The standard InChI is InChI=1S/C14H20BrNO3/c1-10-4-5-13(19-3)12(8-10)14(17)16-11(6-7-15)9-18-2/h4-5,8,11H,6-7,9H2,1-3H3,(H,16,17). The minimum Gasteiger partial charge on any atom is -0.496 e. The number of aryl methyl sites for hydroxylation is 1. The number of nitrogens with one attached hydrogen (secondary N) is 1. The molecule has 5 heteroatoms. The molecule has 0 bridgehead atoms. The number of ether oxygens (including phenoxy) is 2. The number of rotatable bonds is 7. The predicted octanol–water partition coefficient (Wildman–Crippen LogP) is 2.53. The summed E-state index contributed by atoms with van der Waals surface area (Å²) in [7, 11) is 3.19. The van der Waals surface area contributed by atoms with Crippen molar-refractivity contribution in [3.05, 3.63) is 29.3 Å². The van der Waals surface area contributed by atoms with Crippen LogP contribution in [0.5, 0.6) is 5.75 Å². The lowest BCUT2D eigenvalue weighted by Gasteiger charge is -2.18. The normalized spacial score (nSPS) is 12.0. The van der Waals surface area contributed by atoms with Gasteiger partial charge in [0.25, 0.3) is 5.91 Å². The lowest BCUT2D eigenvalue weighted by atomic mass is 10.1. The fourth-order valence-corrected chi connectivity index (χ4v) is 2.35. The Morgan fingerprint density at radius 3 is 2.74 bits per heavy atom. The molecule has 1 amide bonds. The highest BCUT2D eigenvalue weighted by atomic mass is 79.9. The van der Waals surface area contributed by atoms with Crippen LogP contribution in [-0.4, -0.2) is 38.1 Å². The van der Waals surface area contributed by atoms with E-state index in [4.69, 9.17) is 9.47 Å². The van der Waals surface area contributed by atoms with Crippen LogP contribution in [0.3, 0.4) is 0 Å². The van der Waals surface area contributed by atoms with Crippen molar-refractivity contribution in [3.63, 3.8) is 0 Å². The molecular weight excluding hydrogens is 310 g/mol. The molecule has 1 rings (SSSR count). The van der Waals surface area contributed by atoms with Crippen molar-refractivity contribution in [1.82, 2.24) is 5.32 Å². The van der Waals surface area contributed by atoms with Crippen LogP contribution in [0.4, 0.5) is 0 Å². The average molecular weight is 330 g/mol. The average Bonchev–Trinajstić information content (AvgIpc) is 2.39. The first-order valence-corrected chi connectivity index (χ1v) is 7.25. The van der Waals surface area contributed by atoms with Gasteiger partial charge in [0.15, 0.2) is 0 Å². The zero-order chi connectivity index (χ0) is 14.3. The molecule has 0 aliphatic rings. The van der Waals surface area contributed by atoms with Crippen LogP contribution in [0.15, 0.2) is 18.2 Å². The van der Waals surface area contributed by atoms with Crippen LogP contribution in [0, 0.1) is 6.92 Å². The van der Waals surface area contributed by atoms with Crippen molar-refractivity contribution in [3.8, 4) is 5.75 Å². The first-order chi connectivity index (χ1) is 9.12. The fourth-order valence-electron chi connectivity index (χ4n) is 1.79. The first kappa shape index (κ1) is 16.0. The summed E-state index contributed by atoms with van der Waals surface area (Å²) < 4.78 is 10.3. The third kappa shape index (κ3) is 4.84. The van der Waals surface area contributed by atoms with Gasteiger partial charge in [-0.1, -0.05) is 27.6 Å². The number of alkyl halides is 1. The van der Waals surface area contributed by atoms with Crippen LogP contribution in [0.1, 0.15) is 22.3 Å². The second-order valence-electron chi connectivity index (χ2n) is 4.31. The van der Waals surface area contributed by atoms with Crippen molar-refractivity contribution in [2.75, 3.05) is 26.2 Å². The maximum Gasteiger partial charge on any atom is 0.255 e. The summed E-state index contributed by atoms with van der Waals surface area (Å²) in [6.45, 7) is 2.44. The second-order valence-corrected chi connectivity index (χ2v) is 5.10. The smallest absolute Gasteiger partial charge is 0.255 e. The highest BCUT2D eigenvalue weighted by molar-refractivity contribution is 9.09. The van der Waals surface area contributed by atoms with E-state index in [9.17, 15) is 4.79 Å². The SMILES string of the molecule is COCC(CCBr)NC(=O)c1cc(C)ccc1OC. The quantitative estimate of drug-likeness (QED) is 0.782. The molecule has 1 aromatic carbocycles. The van der Waals surface area contributed by atoms with Crippen LogP contribution >= 0.6 is 15.9 Å². The number of carbonyl (C=O) groups excluding carboxylic acids is 1. The largest absolute Gasteiger partial charge is 0.496 e.